The third kappa shape index (κ3) is 1.58. The van der Waals surface area contributed by atoms with Crippen molar-refractivity contribution in [1.82, 2.24) is 9.78 Å². The van der Waals surface area contributed by atoms with Gasteiger partial charge in [0.1, 0.15) is 0 Å². The maximum atomic E-state index is 4.41. The second kappa shape index (κ2) is 3.56. The first-order valence-electron chi connectivity index (χ1n) is 3.90. The van der Waals surface area contributed by atoms with Crippen molar-refractivity contribution < 1.29 is 0 Å². The molecule has 0 spiro atoms. The molecule has 1 aromatic rings. The maximum Gasteiger partial charge on any atom is 0.0758 e. The Bertz CT molecular complexity index is 253. The van der Waals surface area contributed by atoms with Gasteiger partial charge < -0.3 is 0 Å². The minimum Gasteiger partial charge on any atom is -0.271 e. The van der Waals surface area contributed by atoms with Crippen LogP contribution in [-0.2, 0) is 19.9 Å². The number of rotatable bonds is 2. The van der Waals surface area contributed by atoms with E-state index in [-0.39, 0.29) is 0 Å². The lowest BCUT2D eigenvalue weighted by Crippen LogP contribution is -1.96. The van der Waals surface area contributed by atoms with Gasteiger partial charge in [-0.1, -0.05) is 13.8 Å². The fourth-order valence-corrected chi connectivity index (χ4v) is 2.42. The van der Waals surface area contributed by atoms with Gasteiger partial charge in [0.2, 0.25) is 0 Å². The Hall–Kier alpha value is -0.0600. The molecule has 1 heterocycles. The highest BCUT2D eigenvalue weighted by molar-refractivity contribution is 14.1. The zero-order valence-electron chi connectivity index (χ0n) is 7.19. The van der Waals surface area contributed by atoms with Crippen LogP contribution in [0, 0.1) is 3.57 Å². The molecular weight excluding hydrogens is 251 g/mol. The van der Waals surface area contributed by atoms with Gasteiger partial charge in [0, 0.05) is 7.05 Å². The van der Waals surface area contributed by atoms with E-state index in [9.17, 15) is 0 Å². The highest BCUT2D eigenvalue weighted by Crippen LogP contribution is 2.16. The molecule has 0 N–H and O–H groups in total. The maximum absolute atomic E-state index is 4.41. The Morgan fingerprint density at radius 3 is 2.27 bits per heavy atom. The Balaban J connectivity index is 3.14. The molecule has 0 saturated heterocycles. The summed E-state index contributed by atoms with van der Waals surface area (Å²) in [7, 11) is 2.01. The van der Waals surface area contributed by atoms with Crippen molar-refractivity contribution in [2.24, 2.45) is 7.05 Å². The van der Waals surface area contributed by atoms with E-state index >= 15 is 0 Å². The van der Waals surface area contributed by atoms with Gasteiger partial charge in [-0.05, 0) is 35.4 Å². The monoisotopic (exact) mass is 264 g/mol. The van der Waals surface area contributed by atoms with E-state index in [2.05, 4.69) is 41.5 Å². The van der Waals surface area contributed by atoms with E-state index in [0.717, 1.165) is 12.8 Å². The molecule has 0 aromatic carbocycles. The molecule has 0 bridgehead atoms. The summed E-state index contributed by atoms with van der Waals surface area (Å²) in [6.07, 6.45) is 2.11. The second-order valence-corrected chi connectivity index (χ2v) is 3.62. The number of aromatic nitrogens is 2. The summed E-state index contributed by atoms with van der Waals surface area (Å²) in [6.45, 7) is 4.31. The van der Waals surface area contributed by atoms with Gasteiger partial charge in [0.15, 0.2) is 0 Å². The molecule has 11 heavy (non-hydrogen) atoms. The van der Waals surface area contributed by atoms with Gasteiger partial charge in [-0.25, -0.2) is 0 Å². The van der Waals surface area contributed by atoms with E-state index < -0.39 is 0 Å². The summed E-state index contributed by atoms with van der Waals surface area (Å²) in [5, 5.41) is 4.41. The van der Waals surface area contributed by atoms with Crippen LogP contribution in [0.1, 0.15) is 25.2 Å². The number of hydrogen-bond donors (Lipinski definition) is 0. The van der Waals surface area contributed by atoms with Crippen molar-refractivity contribution in [3.8, 4) is 0 Å². The molecule has 0 saturated carbocycles. The highest BCUT2D eigenvalue weighted by Gasteiger charge is 2.09. The van der Waals surface area contributed by atoms with Crippen molar-refractivity contribution in [1.29, 1.82) is 0 Å². The minimum atomic E-state index is 1.03. The molecule has 1 rings (SSSR count). The van der Waals surface area contributed by atoms with Crippen LogP contribution in [0.5, 0.6) is 0 Å². The van der Waals surface area contributed by atoms with Crippen molar-refractivity contribution in [3.05, 3.63) is 15.0 Å². The Labute approximate surface area is 81.1 Å². The largest absolute Gasteiger partial charge is 0.271 e. The van der Waals surface area contributed by atoms with E-state index in [0.29, 0.717) is 0 Å². The van der Waals surface area contributed by atoms with Gasteiger partial charge in [0.25, 0.3) is 0 Å². The zero-order valence-corrected chi connectivity index (χ0v) is 9.34. The number of nitrogens with zero attached hydrogens (tertiary/aromatic N) is 2. The smallest absolute Gasteiger partial charge is 0.0758 e. The molecule has 0 fully saturated rings. The van der Waals surface area contributed by atoms with Crippen molar-refractivity contribution in [2.75, 3.05) is 0 Å². The molecule has 62 valence electrons. The van der Waals surface area contributed by atoms with Gasteiger partial charge in [-0.15, -0.1) is 0 Å². The van der Waals surface area contributed by atoms with Crippen LogP contribution < -0.4 is 0 Å². The SMILES string of the molecule is CCc1nn(C)c(CC)c1I. The van der Waals surface area contributed by atoms with Crippen LogP contribution >= 0.6 is 22.6 Å². The molecule has 0 radical (unpaired) electrons. The van der Waals surface area contributed by atoms with Crippen LogP contribution in [0.3, 0.4) is 0 Å². The van der Waals surface area contributed by atoms with Crippen LogP contribution in [0.4, 0.5) is 0 Å². The highest BCUT2D eigenvalue weighted by atomic mass is 127. The fourth-order valence-electron chi connectivity index (χ4n) is 1.20. The molecule has 3 heteroatoms. The second-order valence-electron chi connectivity index (χ2n) is 2.54. The number of aryl methyl sites for hydroxylation is 2. The first-order chi connectivity index (χ1) is 5.20. The van der Waals surface area contributed by atoms with Crippen molar-refractivity contribution in [2.45, 2.75) is 26.7 Å². The molecule has 0 atom stereocenters. The number of halogens is 1. The zero-order chi connectivity index (χ0) is 8.43. The molecule has 0 aliphatic carbocycles. The van der Waals surface area contributed by atoms with E-state index in [1.165, 1.54) is 15.0 Å². The van der Waals surface area contributed by atoms with Crippen LogP contribution in [0.15, 0.2) is 0 Å². The summed E-state index contributed by atoms with van der Waals surface area (Å²) in [6, 6.07) is 0. The quantitative estimate of drug-likeness (QED) is 0.748. The van der Waals surface area contributed by atoms with Crippen molar-refractivity contribution in [3.63, 3.8) is 0 Å². The molecule has 0 aliphatic heterocycles. The summed E-state index contributed by atoms with van der Waals surface area (Å²) in [4.78, 5) is 0. The summed E-state index contributed by atoms with van der Waals surface area (Å²) in [5.41, 5.74) is 2.58. The summed E-state index contributed by atoms with van der Waals surface area (Å²) < 4.78 is 3.33. The van der Waals surface area contributed by atoms with E-state index in [4.69, 9.17) is 0 Å². The lowest BCUT2D eigenvalue weighted by Gasteiger charge is -1.95. The lowest BCUT2D eigenvalue weighted by molar-refractivity contribution is 0.704. The Morgan fingerprint density at radius 1 is 1.36 bits per heavy atom. The topological polar surface area (TPSA) is 17.8 Å². The average molecular weight is 264 g/mol. The predicted octanol–water partition coefficient (Wildman–Crippen LogP) is 2.15. The number of hydrogen-bond acceptors (Lipinski definition) is 1. The van der Waals surface area contributed by atoms with E-state index in [1.807, 2.05) is 11.7 Å². The third-order valence-corrected chi connectivity index (χ3v) is 3.08. The summed E-state index contributed by atoms with van der Waals surface area (Å²) in [5.74, 6) is 0. The van der Waals surface area contributed by atoms with Crippen LogP contribution in [0.2, 0.25) is 0 Å². The van der Waals surface area contributed by atoms with Crippen molar-refractivity contribution >= 4 is 22.6 Å². The van der Waals surface area contributed by atoms with Crippen LogP contribution in [0.25, 0.3) is 0 Å². The molecular formula is C8H13IN2. The first-order valence-corrected chi connectivity index (χ1v) is 4.98. The molecule has 0 amide bonds. The van der Waals surface area contributed by atoms with Gasteiger partial charge in [-0.2, -0.15) is 5.10 Å². The normalized spacial score (nSPS) is 10.5. The fraction of sp³-hybridized carbons (Fsp3) is 0.625. The molecule has 0 unspecified atom stereocenters. The molecule has 0 aliphatic rings. The molecule has 2 nitrogen and oxygen atoms in total. The minimum absolute atomic E-state index is 1.03. The van der Waals surface area contributed by atoms with Gasteiger partial charge >= 0.3 is 0 Å². The third-order valence-electron chi connectivity index (χ3n) is 1.84. The van der Waals surface area contributed by atoms with Crippen LogP contribution in [-0.4, -0.2) is 9.78 Å². The average Bonchev–Trinajstić information content (AvgIpc) is 2.26. The Kier molecular flexibility index (Phi) is 2.92. The summed E-state index contributed by atoms with van der Waals surface area (Å²) >= 11 is 2.38. The first kappa shape index (κ1) is 9.03. The standard InChI is InChI=1S/C8H13IN2/c1-4-6-8(9)7(5-2)11(3)10-6/h4-5H2,1-3H3. The van der Waals surface area contributed by atoms with E-state index in [1.54, 1.807) is 0 Å². The lowest BCUT2D eigenvalue weighted by atomic mass is 10.3. The Morgan fingerprint density at radius 2 is 2.00 bits per heavy atom. The molecule has 1 aromatic heterocycles. The predicted molar refractivity (Wildman–Crippen MR) is 54.7 cm³/mol. The van der Waals surface area contributed by atoms with Gasteiger partial charge in [-0.3, -0.25) is 4.68 Å². The van der Waals surface area contributed by atoms with Gasteiger partial charge in [0.05, 0.1) is 15.0 Å².